The van der Waals surface area contributed by atoms with E-state index in [1.807, 2.05) is 18.5 Å². The van der Waals surface area contributed by atoms with Crippen LogP contribution in [0.5, 0.6) is 0 Å². The Morgan fingerprint density at radius 2 is 1.97 bits per heavy atom. The molecule has 0 saturated carbocycles. The summed E-state index contributed by atoms with van der Waals surface area (Å²) in [4.78, 5) is 9.31. The second-order valence-corrected chi connectivity index (χ2v) is 7.81. The van der Waals surface area contributed by atoms with Crippen LogP contribution in [0, 0.1) is 0 Å². The molecule has 3 rings (SSSR count). The van der Waals surface area contributed by atoms with Crippen molar-refractivity contribution in [1.82, 2.24) is 25.4 Å². The number of aliphatic imine (C=N–C) groups is 1. The molecule has 172 valence electrons. The molecule has 1 atom stereocenters. The summed E-state index contributed by atoms with van der Waals surface area (Å²) in [7, 11) is 1.66. The number of benzene rings is 1. The summed E-state index contributed by atoms with van der Waals surface area (Å²) in [5.74, 6) is 2.61. The maximum atomic E-state index is 5.66. The Kier molecular flexibility index (Phi) is 10.7. The number of ether oxygens (including phenoxy) is 2. The van der Waals surface area contributed by atoms with E-state index in [2.05, 4.69) is 51.9 Å². The molecule has 0 fully saturated rings. The molecule has 2 aromatic rings. The number of rotatable bonds is 9. The first kappa shape index (κ1) is 25.5. The van der Waals surface area contributed by atoms with Crippen LogP contribution < -0.4 is 10.6 Å². The molecular formula is C22H35IN6O2. The van der Waals surface area contributed by atoms with Crippen LogP contribution in [0.15, 0.2) is 29.3 Å². The Morgan fingerprint density at radius 3 is 2.65 bits per heavy atom. The number of aryl methyl sites for hydroxylation is 1. The van der Waals surface area contributed by atoms with Gasteiger partial charge in [0.15, 0.2) is 11.8 Å². The normalized spacial score (nSPS) is 16.0. The second kappa shape index (κ2) is 13.0. The third-order valence-corrected chi connectivity index (χ3v) is 4.89. The summed E-state index contributed by atoms with van der Waals surface area (Å²) in [5, 5.41) is 11.4. The van der Waals surface area contributed by atoms with E-state index < -0.39 is 0 Å². The topological polar surface area (TPSA) is 85.6 Å². The quantitative estimate of drug-likeness (QED) is 0.288. The Hall–Kier alpha value is -1.72. The van der Waals surface area contributed by atoms with Crippen molar-refractivity contribution in [3.63, 3.8) is 0 Å². The fourth-order valence-electron chi connectivity index (χ4n) is 3.36. The van der Waals surface area contributed by atoms with Crippen LogP contribution in [0.1, 0.15) is 50.0 Å². The van der Waals surface area contributed by atoms with E-state index in [0.29, 0.717) is 19.8 Å². The third kappa shape index (κ3) is 8.04. The summed E-state index contributed by atoms with van der Waals surface area (Å²) in [6.45, 7) is 9.49. The molecule has 1 aromatic carbocycles. The van der Waals surface area contributed by atoms with Crippen molar-refractivity contribution >= 4 is 29.9 Å². The lowest BCUT2D eigenvalue weighted by Crippen LogP contribution is -2.47. The molecule has 0 bridgehead atoms. The van der Waals surface area contributed by atoms with Gasteiger partial charge in [-0.25, -0.2) is 14.7 Å². The van der Waals surface area contributed by atoms with Gasteiger partial charge in [-0.3, -0.25) is 0 Å². The van der Waals surface area contributed by atoms with Crippen molar-refractivity contribution < 1.29 is 9.47 Å². The number of fused-ring (bicyclic) bond motifs is 1. The highest BCUT2D eigenvalue weighted by Crippen LogP contribution is 2.14. The van der Waals surface area contributed by atoms with Gasteiger partial charge in [-0.1, -0.05) is 24.3 Å². The molecule has 2 N–H and O–H groups in total. The number of aromatic nitrogens is 3. The Labute approximate surface area is 202 Å². The summed E-state index contributed by atoms with van der Waals surface area (Å²) in [6.07, 6.45) is 2.14. The molecule has 1 unspecified atom stereocenters. The highest BCUT2D eigenvalue weighted by atomic mass is 127. The number of nitrogens with one attached hydrogen (secondary N) is 2. The van der Waals surface area contributed by atoms with Crippen molar-refractivity contribution in [2.24, 2.45) is 4.99 Å². The molecule has 31 heavy (non-hydrogen) atoms. The van der Waals surface area contributed by atoms with Gasteiger partial charge >= 0.3 is 0 Å². The summed E-state index contributed by atoms with van der Waals surface area (Å²) in [6, 6.07) is 8.72. The van der Waals surface area contributed by atoms with Crippen molar-refractivity contribution in [2.75, 3.05) is 13.7 Å². The van der Waals surface area contributed by atoms with Gasteiger partial charge < -0.3 is 20.1 Å². The number of guanidine groups is 1. The lowest BCUT2D eigenvalue weighted by molar-refractivity contribution is 0.0657. The molecule has 0 saturated heterocycles. The van der Waals surface area contributed by atoms with Crippen LogP contribution >= 0.6 is 24.0 Å². The van der Waals surface area contributed by atoms with Gasteiger partial charge in [-0.15, -0.1) is 24.0 Å². The fraction of sp³-hybridized carbons (Fsp3) is 0.591. The standard InChI is InChI=1S/C22H34N6O2.HI/c1-5-23-22(24-12-17-6-8-18(9-7-17)14-30-16(2)3)25-19-10-11-21-26-20(15-29-4)27-28(21)13-19;/h6-9,16,19H,5,10-15H2,1-4H3,(H2,23,24,25);1H. The molecule has 9 heteroatoms. The van der Waals surface area contributed by atoms with Crippen molar-refractivity contribution in [2.45, 2.75) is 72.1 Å². The summed E-state index contributed by atoms with van der Waals surface area (Å²) >= 11 is 0. The summed E-state index contributed by atoms with van der Waals surface area (Å²) < 4.78 is 12.8. The van der Waals surface area contributed by atoms with E-state index in [-0.39, 0.29) is 36.1 Å². The predicted molar refractivity (Wildman–Crippen MR) is 133 cm³/mol. The van der Waals surface area contributed by atoms with Gasteiger partial charge in [0.05, 0.1) is 25.8 Å². The second-order valence-electron chi connectivity index (χ2n) is 7.81. The molecule has 0 aliphatic carbocycles. The van der Waals surface area contributed by atoms with E-state index in [0.717, 1.165) is 43.5 Å². The molecule has 8 nitrogen and oxygen atoms in total. The van der Waals surface area contributed by atoms with Crippen LogP contribution in [0.4, 0.5) is 0 Å². The Bertz CT molecular complexity index is 822. The van der Waals surface area contributed by atoms with Crippen molar-refractivity contribution in [3.8, 4) is 0 Å². The number of hydrogen-bond acceptors (Lipinski definition) is 5. The molecule has 1 aromatic heterocycles. The van der Waals surface area contributed by atoms with E-state index >= 15 is 0 Å². The molecule has 1 aliphatic rings. The smallest absolute Gasteiger partial charge is 0.191 e. The number of hydrogen-bond donors (Lipinski definition) is 2. The van der Waals surface area contributed by atoms with E-state index in [9.17, 15) is 0 Å². The zero-order valence-corrected chi connectivity index (χ0v) is 21.3. The Morgan fingerprint density at radius 1 is 1.23 bits per heavy atom. The van der Waals surface area contributed by atoms with Gasteiger partial charge in [-0.2, -0.15) is 5.10 Å². The van der Waals surface area contributed by atoms with Gasteiger partial charge in [0, 0.05) is 26.1 Å². The number of nitrogens with zero attached hydrogens (tertiary/aromatic N) is 4. The highest BCUT2D eigenvalue weighted by molar-refractivity contribution is 14.0. The maximum Gasteiger partial charge on any atom is 0.191 e. The molecule has 1 aliphatic heterocycles. The zero-order chi connectivity index (χ0) is 21.3. The zero-order valence-electron chi connectivity index (χ0n) is 18.9. The number of methoxy groups -OCH3 is 1. The van der Waals surface area contributed by atoms with Gasteiger partial charge in [0.25, 0.3) is 0 Å². The Balaban J connectivity index is 0.00000341. The SMILES string of the molecule is CCNC(=NCc1ccc(COC(C)C)cc1)NC1CCc2nc(COC)nn2C1.I. The summed E-state index contributed by atoms with van der Waals surface area (Å²) in [5.41, 5.74) is 2.35. The largest absolute Gasteiger partial charge is 0.377 e. The van der Waals surface area contributed by atoms with Crippen LogP contribution in [0.2, 0.25) is 0 Å². The van der Waals surface area contributed by atoms with E-state index in [1.54, 1.807) is 7.11 Å². The lowest BCUT2D eigenvalue weighted by Gasteiger charge is -2.25. The minimum absolute atomic E-state index is 0. The average molecular weight is 542 g/mol. The van der Waals surface area contributed by atoms with Crippen molar-refractivity contribution in [3.05, 3.63) is 47.0 Å². The molecule has 0 radical (unpaired) electrons. The highest BCUT2D eigenvalue weighted by Gasteiger charge is 2.22. The number of halogens is 1. The minimum Gasteiger partial charge on any atom is -0.377 e. The van der Waals surface area contributed by atoms with E-state index in [4.69, 9.17) is 14.5 Å². The predicted octanol–water partition coefficient (Wildman–Crippen LogP) is 3.04. The van der Waals surface area contributed by atoms with Gasteiger partial charge in [0.2, 0.25) is 0 Å². The van der Waals surface area contributed by atoms with Crippen LogP contribution in [0.25, 0.3) is 0 Å². The van der Waals surface area contributed by atoms with Crippen LogP contribution in [-0.2, 0) is 42.2 Å². The fourth-order valence-corrected chi connectivity index (χ4v) is 3.36. The third-order valence-electron chi connectivity index (χ3n) is 4.89. The first-order valence-electron chi connectivity index (χ1n) is 10.7. The lowest BCUT2D eigenvalue weighted by atomic mass is 10.1. The minimum atomic E-state index is 0. The van der Waals surface area contributed by atoms with Crippen molar-refractivity contribution in [1.29, 1.82) is 0 Å². The first-order chi connectivity index (χ1) is 14.6. The van der Waals surface area contributed by atoms with Gasteiger partial charge in [0.1, 0.15) is 12.4 Å². The molecule has 2 heterocycles. The average Bonchev–Trinajstić information content (AvgIpc) is 3.13. The van der Waals surface area contributed by atoms with Crippen LogP contribution in [0.3, 0.4) is 0 Å². The van der Waals surface area contributed by atoms with E-state index in [1.165, 1.54) is 11.1 Å². The molecular weight excluding hydrogens is 507 g/mol. The van der Waals surface area contributed by atoms with Gasteiger partial charge in [-0.05, 0) is 38.3 Å². The monoisotopic (exact) mass is 542 g/mol. The maximum absolute atomic E-state index is 5.66. The molecule has 0 spiro atoms. The van der Waals surface area contributed by atoms with Crippen LogP contribution in [-0.4, -0.2) is 46.5 Å². The molecule has 0 amide bonds. The first-order valence-corrected chi connectivity index (χ1v) is 10.7.